The molecular formula is C10H6BrClN2OS. The molecular weight excluding hydrogens is 312 g/mol. The number of rotatable bonds is 2. The average molecular weight is 318 g/mol. The van der Waals surface area contributed by atoms with Crippen LogP contribution in [0.1, 0.15) is 0 Å². The van der Waals surface area contributed by atoms with Crippen molar-refractivity contribution < 1.29 is 0 Å². The van der Waals surface area contributed by atoms with Gasteiger partial charge in [0.25, 0.3) is 5.56 Å². The highest BCUT2D eigenvalue weighted by molar-refractivity contribution is 9.10. The van der Waals surface area contributed by atoms with Crippen molar-refractivity contribution in [3.63, 3.8) is 0 Å². The van der Waals surface area contributed by atoms with Crippen molar-refractivity contribution in [1.82, 2.24) is 9.97 Å². The van der Waals surface area contributed by atoms with E-state index in [2.05, 4.69) is 25.9 Å². The molecule has 0 saturated heterocycles. The molecule has 0 amide bonds. The minimum atomic E-state index is -0.204. The molecule has 0 saturated carbocycles. The van der Waals surface area contributed by atoms with Gasteiger partial charge in [0.2, 0.25) is 0 Å². The molecule has 0 unspecified atom stereocenters. The van der Waals surface area contributed by atoms with Crippen LogP contribution in [-0.2, 0) is 0 Å². The van der Waals surface area contributed by atoms with E-state index in [1.165, 1.54) is 18.1 Å². The normalized spacial score (nSPS) is 10.4. The maximum absolute atomic E-state index is 11.3. The number of aromatic nitrogens is 2. The van der Waals surface area contributed by atoms with E-state index in [4.69, 9.17) is 11.6 Å². The van der Waals surface area contributed by atoms with Crippen molar-refractivity contribution in [2.45, 2.75) is 9.92 Å². The second-order valence-electron chi connectivity index (χ2n) is 2.88. The van der Waals surface area contributed by atoms with E-state index in [0.29, 0.717) is 14.5 Å². The van der Waals surface area contributed by atoms with Gasteiger partial charge >= 0.3 is 0 Å². The lowest BCUT2D eigenvalue weighted by Gasteiger charge is -2.03. The zero-order valence-corrected chi connectivity index (χ0v) is 11.1. The maximum Gasteiger partial charge on any atom is 0.266 e. The fraction of sp³-hybridized carbons (Fsp3) is 0. The maximum atomic E-state index is 11.3. The largest absolute Gasteiger partial charge is 0.312 e. The van der Waals surface area contributed by atoms with Gasteiger partial charge < -0.3 is 4.98 Å². The molecule has 0 bridgehead atoms. The Morgan fingerprint density at radius 3 is 2.88 bits per heavy atom. The summed E-state index contributed by atoms with van der Waals surface area (Å²) in [4.78, 5) is 18.7. The van der Waals surface area contributed by atoms with Gasteiger partial charge in [-0.3, -0.25) is 4.79 Å². The third-order valence-corrected chi connectivity index (χ3v) is 4.33. The summed E-state index contributed by atoms with van der Waals surface area (Å²) in [5.41, 5.74) is -0.204. The molecule has 1 heterocycles. The summed E-state index contributed by atoms with van der Waals surface area (Å²) in [6, 6.07) is 7.41. The van der Waals surface area contributed by atoms with Crippen LogP contribution >= 0.6 is 39.3 Å². The Hall–Kier alpha value is -0.780. The van der Waals surface area contributed by atoms with Crippen LogP contribution in [0.5, 0.6) is 0 Å². The zero-order valence-electron chi connectivity index (χ0n) is 7.91. The predicted molar refractivity (Wildman–Crippen MR) is 68.1 cm³/mol. The molecule has 0 spiro atoms. The van der Waals surface area contributed by atoms with Gasteiger partial charge in [0.1, 0.15) is 9.50 Å². The van der Waals surface area contributed by atoms with Crippen molar-refractivity contribution in [2.75, 3.05) is 0 Å². The van der Waals surface area contributed by atoms with Crippen LogP contribution in [-0.4, -0.2) is 9.97 Å². The number of hydrogen-bond acceptors (Lipinski definition) is 3. The molecule has 0 fully saturated rings. The molecule has 0 aliphatic heterocycles. The molecule has 1 N–H and O–H groups in total. The Labute approximate surface area is 109 Å². The van der Waals surface area contributed by atoms with E-state index >= 15 is 0 Å². The lowest BCUT2D eigenvalue weighted by Crippen LogP contribution is -2.07. The number of H-pyrrole nitrogens is 1. The molecule has 1 aromatic heterocycles. The third kappa shape index (κ3) is 2.48. The Morgan fingerprint density at radius 2 is 2.12 bits per heavy atom. The Morgan fingerprint density at radius 1 is 1.38 bits per heavy atom. The molecule has 6 heteroatoms. The molecule has 0 aliphatic carbocycles. The smallest absolute Gasteiger partial charge is 0.266 e. The van der Waals surface area contributed by atoms with Crippen LogP contribution in [0, 0.1) is 0 Å². The van der Waals surface area contributed by atoms with Gasteiger partial charge in [-0.15, -0.1) is 0 Å². The van der Waals surface area contributed by atoms with E-state index in [1.54, 1.807) is 6.07 Å². The van der Waals surface area contributed by atoms with E-state index in [-0.39, 0.29) is 5.56 Å². The van der Waals surface area contributed by atoms with E-state index in [1.807, 2.05) is 18.2 Å². The number of nitrogens with zero attached hydrogens (tertiary/aromatic N) is 1. The monoisotopic (exact) mass is 316 g/mol. The van der Waals surface area contributed by atoms with Crippen molar-refractivity contribution >= 4 is 39.3 Å². The van der Waals surface area contributed by atoms with Crippen molar-refractivity contribution in [2.24, 2.45) is 0 Å². The fourth-order valence-electron chi connectivity index (χ4n) is 1.07. The van der Waals surface area contributed by atoms with Gasteiger partial charge in [0.05, 0.1) is 11.3 Å². The minimum Gasteiger partial charge on any atom is -0.312 e. The summed E-state index contributed by atoms with van der Waals surface area (Å²) in [6.07, 6.45) is 1.37. The van der Waals surface area contributed by atoms with Crippen LogP contribution in [0.15, 0.2) is 49.8 Å². The molecule has 16 heavy (non-hydrogen) atoms. The molecule has 2 rings (SSSR count). The van der Waals surface area contributed by atoms with Crippen molar-refractivity contribution in [3.05, 3.63) is 50.4 Å². The number of hydrogen-bond donors (Lipinski definition) is 1. The van der Waals surface area contributed by atoms with Gasteiger partial charge in [-0.05, 0) is 28.1 Å². The molecule has 3 nitrogen and oxygen atoms in total. The van der Waals surface area contributed by atoms with Gasteiger partial charge in [0.15, 0.2) is 0 Å². The van der Waals surface area contributed by atoms with Crippen LogP contribution in [0.3, 0.4) is 0 Å². The standard InChI is InChI=1S/C10H6BrClN2OS/c11-8-9(15)13-5-14-10(8)16-7-4-2-1-3-6(7)12/h1-5H,(H,13,14,15). The first-order valence-corrected chi connectivity index (χ1v) is 6.33. The lowest BCUT2D eigenvalue weighted by atomic mass is 10.4. The third-order valence-electron chi connectivity index (χ3n) is 1.81. The molecule has 0 atom stereocenters. The highest BCUT2D eigenvalue weighted by Gasteiger charge is 2.08. The summed E-state index contributed by atoms with van der Waals surface area (Å²) >= 11 is 10.6. The Kier molecular flexibility index (Phi) is 3.68. The number of benzene rings is 1. The van der Waals surface area contributed by atoms with Gasteiger partial charge in [-0.1, -0.05) is 35.5 Å². The van der Waals surface area contributed by atoms with E-state index in [9.17, 15) is 4.79 Å². The second kappa shape index (κ2) is 5.03. The van der Waals surface area contributed by atoms with Gasteiger partial charge in [0, 0.05) is 4.90 Å². The highest BCUT2D eigenvalue weighted by atomic mass is 79.9. The quantitative estimate of drug-likeness (QED) is 0.864. The summed E-state index contributed by atoms with van der Waals surface area (Å²) in [5.74, 6) is 0. The average Bonchev–Trinajstić information content (AvgIpc) is 2.28. The molecule has 0 radical (unpaired) electrons. The second-order valence-corrected chi connectivity index (χ2v) is 5.11. The first-order chi connectivity index (χ1) is 7.68. The molecule has 2 aromatic rings. The Balaban J connectivity index is 2.38. The SMILES string of the molecule is O=c1[nH]cnc(Sc2ccccc2Cl)c1Br. The first kappa shape index (κ1) is 11.7. The first-order valence-electron chi connectivity index (χ1n) is 4.34. The van der Waals surface area contributed by atoms with Crippen molar-refractivity contribution in [3.8, 4) is 0 Å². The number of nitrogens with one attached hydrogen (secondary N) is 1. The van der Waals surface area contributed by atoms with Crippen LogP contribution < -0.4 is 5.56 Å². The van der Waals surface area contributed by atoms with Crippen LogP contribution in [0.2, 0.25) is 5.02 Å². The summed E-state index contributed by atoms with van der Waals surface area (Å²) in [5, 5.41) is 1.23. The molecule has 0 aliphatic rings. The minimum absolute atomic E-state index is 0.204. The Bertz CT molecular complexity index is 573. The lowest BCUT2D eigenvalue weighted by molar-refractivity contribution is 0.990. The van der Waals surface area contributed by atoms with Crippen LogP contribution in [0.4, 0.5) is 0 Å². The molecule has 1 aromatic carbocycles. The highest BCUT2D eigenvalue weighted by Crippen LogP contribution is 2.33. The zero-order chi connectivity index (χ0) is 11.5. The fourth-order valence-corrected chi connectivity index (χ4v) is 2.59. The molecule has 82 valence electrons. The number of aromatic amines is 1. The van der Waals surface area contributed by atoms with E-state index in [0.717, 1.165) is 4.90 Å². The van der Waals surface area contributed by atoms with Crippen molar-refractivity contribution in [1.29, 1.82) is 0 Å². The number of halogens is 2. The summed E-state index contributed by atoms with van der Waals surface area (Å²) < 4.78 is 0.417. The van der Waals surface area contributed by atoms with Gasteiger partial charge in [-0.25, -0.2) is 4.98 Å². The predicted octanol–water partition coefficient (Wildman–Crippen LogP) is 3.34. The summed E-state index contributed by atoms with van der Waals surface area (Å²) in [6.45, 7) is 0. The van der Waals surface area contributed by atoms with Gasteiger partial charge in [-0.2, -0.15) is 0 Å². The summed E-state index contributed by atoms with van der Waals surface area (Å²) in [7, 11) is 0. The van der Waals surface area contributed by atoms with Crippen LogP contribution in [0.25, 0.3) is 0 Å². The topological polar surface area (TPSA) is 45.8 Å². The van der Waals surface area contributed by atoms with E-state index < -0.39 is 0 Å².